The van der Waals surface area contributed by atoms with Crippen LogP contribution in [-0.4, -0.2) is 61.2 Å². The van der Waals surface area contributed by atoms with Crippen LogP contribution in [-0.2, 0) is 11.2 Å². The Kier molecular flexibility index (Phi) is 7.96. The van der Waals surface area contributed by atoms with Gasteiger partial charge in [0.15, 0.2) is 5.96 Å². The summed E-state index contributed by atoms with van der Waals surface area (Å²) in [5, 5.41) is 8.93. The Morgan fingerprint density at radius 2 is 2.12 bits per heavy atom. The molecule has 0 aliphatic heterocycles. The van der Waals surface area contributed by atoms with E-state index in [4.69, 9.17) is 0 Å². The highest BCUT2D eigenvalue weighted by molar-refractivity contribution is 7.09. The summed E-state index contributed by atoms with van der Waals surface area (Å²) in [6.45, 7) is 3.29. The Labute approximate surface area is 143 Å². The number of amides is 1. The Morgan fingerprint density at radius 3 is 2.67 bits per heavy atom. The van der Waals surface area contributed by atoms with Crippen molar-refractivity contribution in [3.63, 3.8) is 0 Å². The molecule has 0 saturated carbocycles. The zero-order valence-corrected chi connectivity index (χ0v) is 14.7. The van der Waals surface area contributed by atoms with E-state index >= 15 is 0 Å². The van der Waals surface area contributed by atoms with Crippen LogP contribution in [0.5, 0.6) is 0 Å². The fourth-order valence-electron chi connectivity index (χ4n) is 1.80. The number of rotatable bonds is 7. The van der Waals surface area contributed by atoms with Gasteiger partial charge in [-0.1, -0.05) is 0 Å². The number of carbonyl (C=O) groups excluding carboxylic acids is 1. The maximum atomic E-state index is 12.3. The topological polar surface area (TPSA) is 69.6 Å². The second-order valence-electron chi connectivity index (χ2n) is 5.09. The number of aromatic nitrogens is 1. The van der Waals surface area contributed by atoms with Crippen LogP contribution in [0.3, 0.4) is 0 Å². The fraction of sp³-hybridized carbons (Fsp3) is 0.643. The Morgan fingerprint density at radius 1 is 1.42 bits per heavy atom. The number of aryl methyl sites for hydroxylation is 1. The minimum Gasteiger partial charge on any atom is -0.357 e. The van der Waals surface area contributed by atoms with Crippen LogP contribution in [0.4, 0.5) is 13.2 Å². The molecule has 0 fully saturated rings. The third-order valence-corrected chi connectivity index (χ3v) is 3.72. The lowest BCUT2D eigenvalue weighted by Gasteiger charge is -2.18. The molecule has 0 aliphatic carbocycles. The number of carbonyl (C=O) groups is 1. The fourth-order valence-corrected chi connectivity index (χ4v) is 2.45. The van der Waals surface area contributed by atoms with Gasteiger partial charge in [0.1, 0.15) is 13.1 Å². The van der Waals surface area contributed by atoms with Gasteiger partial charge >= 0.3 is 6.18 Å². The highest BCUT2D eigenvalue weighted by Gasteiger charge is 2.30. The van der Waals surface area contributed by atoms with Gasteiger partial charge in [-0.05, 0) is 13.8 Å². The van der Waals surface area contributed by atoms with E-state index in [1.165, 1.54) is 0 Å². The highest BCUT2D eigenvalue weighted by atomic mass is 32.1. The van der Waals surface area contributed by atoms with Gasteiger partial charge in [0.25, 0.3) is 0 Å². The molecule has 24 heavy (non-hydrogen) atoms. The molecule has 6 nitrogen and oxygen atoms in total. The molecule has 2 N–H and O–H groups in total. The van der Waals surface area contributed by atoms with Gasteiger partial charge in [-0.25, -0.2) is 9.98 Å². The number of nitrogens with one attached hydrogen (secondary N) is 2. The third kappa shape index (κ3) is 8.14. The molecule has 0 saturated heterocycles. The number of hydrogen-bond acceptors (Lipinski definition) is 4. The molecule has 1 heterocycles. The minimum atomic E-state index is -4.41. The van der Waals surface area contributed by atoms with Crippen molar-refractivity contribution in [2.75, 3.05) is 33.2 Å². The van der Waals surface area contributed by atoms with E-state index in [1.54, 1.807) is 11.3 Å². The van der Waals surface area contributed by atoms with Gasteiger partial charge in [0, 0.05) is 31.9 Å². The van der Waals surface area contributed by atoms with Crippen LogP contribution in [0.1, 0.15) is 17.6 Å². The molecule has 0 atom stereocenters. The number of hydrogen-bond donors (Lipinski definition) is 2. The molecule has 10 heteroatoms. The van der Waals surface area contributed by atoms with E-state index < -0.39 is 18.6 Å². The van der Waals surface area contributed by atoms with Crippen molar-refractivity contribution < 1.29 is 18.0 Å². The van der Waals surface area contributed by atoms with Gasteiger partial charge in [-0.15, -0.1) is 11.3 Å². The number of alkyl halides is 3. The van der Waals surface area contributed by atoms with Gasteiger partial charge < -0.3 is 15.5 Å². The molecular weight excluding hydrogens is 343 g/mol. The summed E-state index contributed by atoms with van der Waals surface area (Å²) >= 11 is 1.57. The molecule has 1 rings (SSSR count). The average molecular weight is 365 g/mol. The molecule has 1 aromatic heterocycles. The summed E-state index contributed by atoms with van der Waals surface area (Å²) in [4.78, 5) is 20.7. The summed E-state index contributed by atoms with van der Waals surface area (Å²) < 4.78 is 36.8. The van der Waals surface area contributed by atoms with Crippen molar-refractivity contribution >= 4 is 23.2 Å². The molecule has 0 unspecified atom stereocenters. The molecule has 1 aromatic rings. The number of halogens is 3. The maximum Gasteiger partial charge on any atom is 0.406 e. The van der Waals surface area contributed by atoms with Gasteiger partial charge in [-0.2, -0.15) is 13.2 Å². The second kappa shape index (κ2) is 9.45. The lowest BCUT2D eigenvalue weighted by Crippen LogP contribution is -2.40. The molecule has 0 aromatic carbocycles. The van der Waals surface area contributed by atoms with Gasteiger partial charge in [0.05, 0.1) is 10.7 Å². The van der Waals surface area contributed by atoms with Crippen LogP contribution in [0.15, 0.2) is 10.4 Å². The van der Waals surface area contributed by atoms with E-state index in [0.29, 0.717) is 30.4 Å². The smallest absolute Gasteiger partial charge is 0.357 e. The van der Waals surface area contributed by atoms with Crippen molar-refractivity contribution in [1.29, 1.82) is 0 Å². The maximum absolute atomic E-state index is 12.3. The minimum absolute atomic E-state index is 0.349. The number of aliphatic imine (C=N–C) groups is 1. The van der Waals surface area contributed by atoms with Crippen LogP contribution in [0.25, 0.3) is 0 Å². The summed E-state index contributed by atoms with van der Waals surface area (Å²) in [6, 6.07) is 0. The first-order valence-corrected chi connectivity index (χ1v) is 8.33. The average Bonchev–Trinajstić information content (AvgIpc) is 2.88. The standard InChI is InChI=1S/C14H22F3N5OS/c1-4-18-13(19-6-5-11-8-24-10(2)21-11)20-7-12(23)22(3)9-14(15,16)17/h8H,4-7,9H2,1-3H3,(H2,18,19,20). The van der Waals surface area contributed by atoms with Crippen LogP contribution < -0.4 is 10.6 Å². The summed E-state index contributed by atoms with van der Waals surface area (Å²) in [5.74, 6) is -0.308. The van der Waals surface area contributed by atoms with E-state index in [0.717, 1.165) is 17.7 Å². The number of nitrogens with zero attached hydrogens (tertiary/aromatic N) is 3. The highest BCUT2D eigenvalue weighted by Crippen LogP contribution is 2.15. The lowest BCUT2D eigenvalue weighted by molar-refractivity contribution is -0.157. The Hall–Kier alpha value is -1.84. The van der Waals surface area contributed by atoms with Gasteiger partial charge in [0.2, 0.25) is 5.91 Å². The molecule has 0 bridgehead atoms. The van der Waals surface area contributed by atoms with Gasteiger partial charge in [-0.3, -0.25) is 4.79 Å². The SMILES string of the molecule is CCNC(=NCC(=O)N(C)CC(F)(F)F)NCCc1csc(C)n1. The first kappa shape index (κ1) is 20.2. The van der Waals surface area contributed by atoms with Crippen LogP contribution >= 0.6 is 11.3 Å². The normalized spacial score (nSPS) is 12.2. The first-order chi connectivity index (χ1) is 11.2. The van der Waals surface area contributed by atoms with E-state index in [2.05, 4.69) is 20.6 Å². The predicted octanol–water partition coefficient (Wildman–Crippen LogP) is 1.57. The van der Waals surface area contributed by atoms with Crippen molar-refractivity contribution in [2.45, 2.75) is 26.4 Å². The van der Waals surface area contributed by atoms with Crippen LogP contribution in [0, 0.1) is 6.92 Å². The number of thiazole rings is 1. The second-order valence-corrected chi connectivity index (χ2v) is 6.16. The van der Waals surface area contributed by atoms with Crippen LogP contribution in [0.2, 0.25) is 0 Å². The summed E-state index contributed by atoms with van der Waals surface area (Å²) in [6.07, 6.45) is -3.72. The molecule has 0 aliphatic rings. The molecule has 0 spiro atoms. The molecule has 1 amide bonds. The molecular formula is C14H22F3N5OS. The van der Waals surface area contributed by atoms with E-state index in [1.807, 2.05) is 19.2 Å². The Balaban J connectivity index is 2.47. The summed E-state index contributed by atoms with van der Waals surface area (Å²) in [7, 11) is 1.11. The monoisotopic (exact) mass is 365 g/mol. The number of guanidine groups is 1. The van der Waals surface area contributed by atoms with E-state index in [-0.39, 0.29) is 6.54 Å². The zero-order chi connectivity index (χ0) is 18.2. The van der Waals surface area contributed by atoms with Crippen molar-refractivity contribution in [1.82, 2.24) is 20.5 Å². The Bertz CT molecular complexity index is 559. The molecule has 136 valence electrons. The third-order valence-electron chi connectivity index (χ3n) is 2.90. The van der Waals surface area contributed by atoms with Crippen molar-refractivity contribution in [3.05, 3.63) is 16.1 Å². The number of likely N-dealkylation sites (N-methyl/N-ethyl adjacent to an activating group) is 1. The first-order valence-electron chi connectivity index (χ1n) is 7.45. The largest absolute Gasteiger partial charge is 0.406 e. The zero-order valence-electron chi connectivity index (χ0n) is 13.9. The van der Waals surface area contributed by atoms with Crippen molar-refractivity contribution in [2.24, 2.45) is 4.99 Å². The quantitative estimate of drug-likeness (QED) is 0.569. The molecule has 0 radical (unpaired) electrons. The van der Waals surface area contributed by atoms with E-state index in [9.17, 15) is 18.0 Å². The van der Waals surface area contributed by atoms with Crippen molar-refractivity contribution in [3.8, 4) is 0 Å². The lowest BCUT2D eigenvalue weighted by atomic mass is 10.3. The predicted molar refractivity (Wildman–Crippen MR) is 88.2 cm³/mol. The summed E-state index contributed by atoms with van der Waals surface area (Å²) in [5.41, 5.74) is 0.960.